The highest BCUT2D eigenvalue weighted by Gasteiger charge is 2.41. The highest BCUT2D eigenvalue weighted by molar-refractivity contribution is 7.09. The van der Waals surface area contributed by atoms with Crippen LogP contribution < -0.4 is 10.6 Å². The van der Waals surface area contributed by atoms with Crippen molar-refractivity contribution in [2.75, 3.05) is 7.05 Å². The van der Waals surface area contributed by atoms with Gasteiger partial charge in [-0.05, 0) is 19.3 Å². The summed E-state index contributed by atoms with van der Waals surface area (Å²) < 4.78 is 5.89. The first kappa shape index (κ1) is 15.6. The molecule has 2 aromatic rings. The Morgan fingerprint density at radius 3 is 2.92 bits per heavy atom. The van der Waals surface area contributed by atoms with Crippen LogP contribution in [0.4, 0.5) is 0 Å². The summed E-state index contributed by atoms with van der Waals surface area (Å²) in [5.41, 5.74) is 2.18. The Balaban J connectivity index is 1.33. The monoisotopic (exact) mass is 342 g/mol. The maximum atomic E-state index is 5.89. The van der Waals surface area contributed by atoms with Crippen LogP contribution in [-0.2, 0) is 11.3 Å². The Morgan fingerprint density at radius 2 is 2.21 bits per heavy atom. The second-order valence-corrected chi connectivity index (χ2v) is 7.22. The predicted octanol–water partition coefficient (Wildman–Crippen LogP) is 2.80. The number of fused-ring (bicyclic) bond motifs is 2. The van der Waals surface area contributed by atoms with E-state index in [0.717, 1.165) is 35.1 Å². The normalized spacial score (nSPS) is 25.9. The zero-order chi connectivity index (χ0) is 16.4. The van der Waals surface area contributed by atoms with Crippen molar-refractivity contribution in [3.05, 3.63) is 40.7 Å². The van der Waals surface area contributed by atoms with Crippen molar-refractivity contribution in [1.29, 1.82) is 0 Å². The van der Waals surface area contributed by atoms with Gasteiger partial charge in [-0.15, -0.1) is 11.3 Å². The number of rotatable bonds is 4. The fourth-order valence-electron chi connectivity index (χ4n) is 3.45. The maximum absolute atomic E-state index is 5.89. The van der Waals surface area contributed by atoms with Crippen LogP contribution in [0.1, 0.15) is 24.3 Å². The van der Waals surface area contributed by atoms with Gasteiger partial charge in [-0.1, -0.05) is 30.3 Å². The highest BCUT2D eigenvalue weighted by atomic mass is 32.1. The second-order valence-electron chi connectivity index (χ2n) is 6.28. The molecule has 1 aromatic heterocycles. The molecule has 4 rings (SSSR count). The minimum Gasteiger partial charge on any atom is -0.373 e. The van der Waals surface area contributed by atoms with Gasteiger partial charge in [0.15, 0.2) is 5.96 Å². The lowest BCUT2D eigenvalue weighted by molar-refractivity contribution is 0.0992. The molecule has 0 saturated carbocycles. The van der Waals surface area contributed by atoms with Gasteiger partial charge in [0, 0.05) is 18.0 Å². The smallest absolute Gasteiger partial charge is 0.191 e. The zero-order valence-corrected chi connectivity index (χ0v) is 14.6. The van der Waals surface area contributed by atoms with Gasteiger partial charge >= 0.3 is 0 Å². The van der Waals surface area contributed by atoms with Gasteiger partial charge in [-0.3, -0.25) is 4.99 Å². The molecular weight excluding hydrogens is 320 g/mol. The van der Waals surface area contributed by atoms with Crippen molar-refractivity contribution in [2.24, 2.45) is 4.99 Å². The average Bonchev–Trinajstić information content (AvgIpc) is 3.36. The number of benzene rings is 1. The maximum Gasteiger partial charge on any atom is 0.191 e. The first-order valence-electron chi connectivity index (χ1n) is 8.44. The molecule has 2 saturated heterocycles. The quantitative estimate of drug-likeness (QED) is 0.663. The van der Waals surface area contributed by atoms with E-state index in [2.05, 4.69) is 33.1 Å². The Kier molecular flexibility index (Phi) is 4.49. The summed E-state index contributed by atoms with van der Waals surface area (Å²) in [6.45, 7) is 0.679. The van der Waals surface area contributed by atoms with Crippen molar-refractivity contribution in [1.82, 2.24) is 15.6 Å². The Morgan fingerprint density at radius 1 is 1.33 bits per heavy atom. The lowest BCUT2D eigenvalue weighted by Crippen LogP contribution is -2.47. The molecule has 3 unspecified atom stereocenters. The van der Waals surface area contributed by atoms with E-state index in [9.17, 15) is 0 Å². The number of nitrogens with zero attached hydrogens (tertiary/aromatic N) is 2. The molecule has 2 aliphatic heterocycles. The van der Waals surface area contributed by atoms with Crippen molar-refractivity contribution >= 4 is 17.3 Å². The largest absolute Gasteiger partial charge is 0.373 e. The van der Waals surface area contributed by atoms with E-state index in [-0.39, 0.29) is 0 Å². The number of hydrogen-bond donors (Lipinski definition) is 2. The number of hydrogen-bond acceptors (Lipinski definition) is 4. The van der Waals surface area contributed by atoms with E-state index in [4.69, 9.17) is 9.72 Å². The van der Waals surface area contributed by atoms with Crippen molar-refractivity contribution < 1.29 is 4.74 Å². The number of guanidine groups is 1. The summed E-state index contributed by atoms with van der Waals surface area (Å²) >= 11 is 1.67. The molecule has 3 atom stereocenters. The second kappa shape index (κ2) is 6.91. The number of aromatic nitrogens is 1. The molecule has 0 radical (unpaired) electrons. The number of ether oxygens (including phenoxy) is 1. The summed E-state index contributed by atoms with van der Waals surface area (Å²) in [7, 11) is 1.81. The van der Waals surface area contributed by atoms with E-state index in [0.29, 0.717) is 24.8 Å². The molecule has 126 valence electrons. The molecule has 24 heavy (non-hydrogen) atoms. The van der Waals surface area contributed by atoms with Crippen molar-refractivity contribution in [2.45, 2.75) is 44.1 Å². The molecule has 2 aliphatic rings. The van der Waals surface area contributed by atoms with E-state index >= 15 is 0 Å². The van der Waals surface area contributed by atoms with Gasteiger partial charge in [0.05, 0.1) is 30.5 Å². The van der Waals surface area contributed by atoms with Gasteiger partial charge in [-0.2, -0.15) is 0 Å². The summed E-state index contributed by atoms with van der Waals surface area (Å²) in [6.07, 6.45) is 4.24. The van der Waals surface area contributed by atoms with Gasteiger partial charge < -0.3 is 15.4 Å². The summed E-state index contributed by atoms with van der Waals surface area (Å²) in [6, 6.07) is 10.6. The zero-order valence-electron chi connectivity index (χ0n) is 13.7. The molecule has 2 N–H and O–H groups in total. The van der Waals surface area contributed by atoms with E-state index in [1.54, 1.807) is 18.4 Å². The molecule has 2 fully saturated rings. The third-order valence-electron chi connectivity index (χ3n) is 4.68. The third-order valence-corrected chi connectivity index (χ3v) is 5.53. The first-order valence-corrected chi connectivity index (χ1v) is 9.32. The molecule has 0 aliphatic carbocycles. The molecule has 0 spiro atoms. The van der Waals surface area contributed by atoms with E-state index in [1.807, 2.05) is 18.2 Å². The molecule has 5 nitrogen and oxygen atoms in total. The minimum atomic E-state index is 0.345. The number of thiazole rings is 1. The molecule has 6 heteroatoms. The van der Waals surface area contributed by atoms with Gasteiger partial charge in [0.1, 0.15) is 5.01 Å². The van der Waals surface area contributed by atoms with Crippen LogP contribution in [0.3, 0.4) is 0 Å². The van der Waals surface area contributed by atoms with Crippen molar-refractivity contribution in [3.8, 4) is 11.3 Å². The molecular formula is C18H22N4OS. The molecule has 0 amide bonds. The van der Waals surface area contributed by atoms with Crippen LogP contribution in [0.5, 0.6) is 0 Å². The highest BCUT2D eigenvalue weighted by Crippen LogP contribution is 2.34. The first-order chi connectivity index (χ1) is 11.8. The Labute approximate surface area is 146 Å². The van der Waals surface area contributed by atoms with Crippen LogP contribution >= 0.6 is 11.3 Å². The Bertz CT molecular complexity index is 715. The summed E-state index contributed by atoms with van der Waals surface area (Å²) in [4.78, 5) is 9.04. The Hall–Kier alpha value is -1.92. The van der Waals surface area contributed by atoms with Crippen LogP contribution in [-0.4, -0.2) is 36.2 Å². The standard InChI is InChI=1S/C18H22N4OS/c1-19-18(22-14-9-13-7-8-16(14)23-13)20-10-17-21-15(11-24-17)12-5-3-2-4-6-12/h2-6,11,13-14,16H,7-10H2,1H3,(H2,19,20,22). The minimum absolute atomic E-state index is 0.345. The molecule has 3 heterocycles. The SMILES string of the molecule is CN=C(NCc1nc(-c2ccccc2)cs1)NC1CC2CCC1O2. The summed E-state index contributed by atoms with van der Waals surface area (Å²) in [5, 5.41) is 10.0. The van der Waals surface area contributed by atoms with Crippen molar-refractivity contribution in [3.63, 3.8) is 0 Å². The number of nitrogens with one attached hydrogen (secondary N) is 2. The number of aliphatic imine (C=N–C) groups is 1. The lowest BCUT2D eigenvalue weighted by atomic mass is 9.96. The van der Waals surface area contributed by atoms with E-state index in [1.165, 1.54) is 6.42 Å². The van der Waals surface area contributed by atoms with Gasteiger partial charge in [-0.25, -0.2) is 4.98 Å². The van der Waals surface area contributed by atoms with Gasteiger partial charge in [0.2, 0.25) is 0 Å². The van der Waals surface area contributed by atoms with Crippen LogP contribution in [0, 0.1) is 0 Å². The van der Waals surface area contributed by atoms with Gasteiger partial charge in [0.25, 0.3) is 0 Å². The van der Waals surface area contributed by atoms with Crippen LogP contribution in [0.25, 0.3) is 11.3 Å². The summed E-state index contributed by atoms with van der Waals surface area (Å²) in [5.74, 6) is 0.826. The average molecular weight is 342 g/mol. The third kappa shape index (κ3) is 3.30. The van der Waals surface area contributed by atoms with Crippen LogP contribution in [0.2, 0.25) is 0 Å². The van der Waals surface area contributed by atoms with Crippen LogP contribution in [0.15, 0.2) is 40.7 Å². The predicted molar refractivity (Wildman–Crippen MR) is 97.2 cm³/mol. The fourth-order valence-corrected chi connectivity index (χ4v) is 4.20. The topological polar surface area (TPSA) is 58.5 Å². The molecule has 1 aromatic carbocycles. The molecule has 2 bridgehead atoms. The fraction of sp³-hybridized carbons (Fsp3) is 0.444. The van der Waals surface area contributed by atoms with E-state index < -0.39 is 0 Å². The lowest BCUT2D eigenvalue weighted by Gasteiger charge is -2.22.